The van der Waals surface area contributed by atoms with E-state index in [0.29, 0.717) is 11.8 Å². The van der Waals surface area contributed by atoms with Crippen LogP contribution in [0.4, 0.5) is 0 Å². The zero-order chi connectivity index (χ0) is 14.2. The molecule has 1 N–H and O–H groups in total. The van der Waals surface area contributed by atoms with Crippen LogP contribution in [0.15, 0.2) is 0 Å². The molecule has 1 saturated carbocycles. The molecule has 2 heterocycles. The third-order valence-corrected chi connectivity index (χ3v) is 5.35. The van der Waals surface area contributed by atoms with Crippen molar-refractivity contribution < 1.29 is 9.53 Å². The van der Waals surface area contributed by atoms with E-state index in [4.69, 9.17) is 4.74 Å². The quantitative estimate of drug-likeness (QED) is 0.859. The van der Waals surface area contributed by atoms with Gasteiger partial charge in [0.15, 0.2) is 0 Å². The molecule has 3 atom stereocenters. The van der Waals surface area contributed by atoms with E-state index in [9.17, 15) is 4.79 Å². The minimum atomic E-state index is -0.128. The van der Waals surface area contributed by atoms with E-state index >= 15 is 0 Å². The molecule has 4 nitrogen and oxygen atoms in total. The summed E-state index contributed by atoms with van der Waals surface area (Å²) >= 11 is 0. The highest BCUT2D eigenvalue weighted by molar-refractivity contribution is 5.84. The molecule has 2 aliphatic heterocycles. The average molecular weight is 280 g/mol. The molecule has 3 aliphatic rings. The minimum absolute atomic E-state index is 0.0191. The van der Waals surface area contributed by atoms with Crippen molar-refractivity contribution in [2.75, 3.05) is 13.2 Å². The van der Waals surface area contributed by atoms with Gasteiger partial charge in [-0.3, -0.25) is 10.1 Å². The smallest absolute Gasteiger partial charge is 0.241 e. The van der Waals surface area contributed by atoms with Gasteiger partial charge in [-0.15, -0.1) is 0 Å². The van der Waals surface area contributed by atoms with Crippen LogP contribution in [0.25, 0.3) is 0 Å². The van der Waals surface area contributed by atoms with Gasteiger partial charge < -0.3 is 9.64 Å². The van der Waals surface area contributed by atoms with E-state index < -0.39 is 0 Å². The lowest BCUT2D eigenvalue weighted by atomic mass is 9.99. The number of ether oxygens (including phenoxy) is 1. The largest absolute Gasteiger partial charge is 0.373 e. The van der Waals surface area contributed by atoms with Crippen LogP contribution in [0, 0.1) is 5.92 Å². The van der Waals surface area contributed by atoms with Gasteiger partial charge in [-0.05, 0) is 44.9 Å². The van der Waals surface area contributed by atoms with Gasteiger partial charge in [0.25, 0.3) is 0 Å². The highest BCUT2D eigenvalue weighted by Crippen LogP contribution is 2.35. The maximum Gasteiger partial charge on any atom is 0.241 e. The van der Waals surface area contributed by atoms with Crippen LogP contribution in [-0.2, 0) is 9.53 Å². The third kappa shape index (κ3) is 2.60. The summed E-state index contributed by atoms with van der Waals surface area (Å²) < 4.78 is 5.91. The van der Waals surface area contributed by atoms with Crippen LogP contribution >= 0.6 is 0 Å². The Balaban J connectivity index is 1.74. The van der Waals surface area contributed by atoms with Crippen molar-refractivity contribution in [3.05, 3.63) is 0 Å². The highest BCUT2D eigenvalue weighted by atomic mass is 16.5. The molecule has 114 valence electrons. The van der Waals surface area contributed by atoms with Crippen LogP contribution < -0.4 is 5.32 Å². The number of carbonyl (C=O) groups is 1. The van der Waals surface area contributed by atoms with Gasteiger partial charge in [-0.2, -0.15) is 0 Å². The Bertz CT molecular complexity index is 359. The van der Waals surface area contributed by atoms with Crippen molar-refractivity contribution in [1.82, 2.24) is 10.2 Å². The Labute approximate surface area is 122 Å². The molecule has 0 aromatic heterocycles. The Morgan fingerprint density at radius 2 is 2.10 bits per heavy atom. The molecule has 0 aromatic rings. The second-order valence-corrected chi connectivity index (χ2v) is 6.98. The summed E-state index contributed by atoms with van der Waals surface area (Å²) in [6, 6.07) is 0.0191. The molecule has 3 fully saturated rings. The Kier molecular flexibility index (Phi) is 4.04. The number of carbonyl (C=O) groups excluding carboxylic acids is 1. The standard InChI is InChI=1S/C16H28N2O2/c1-3-13-15(19)18(11-16(2)9-6-10-20-16)14(17-13)12-7-4-5-8-12/h12-14,17H,3-11H2,1-2H3. The summed E-state index contributed by atoms with van der Waals surface area (Å²) in [6.07, 6.45) is 8.48. The monoisotopic (exact) mass is 280 g/mol. The van der Waals surface area contributed by atoms with Crippen molar-refractivity contribution in [2.45, 2.75) is 76.6 Å². The second-order valence-electron chi connectivity index (χ2n) is 6.98. The lowest BCUT2D eigenvalue weighted by Gasteiger charge is -2.35. The first-order valence-electron chi connectivity index (χ1n) is 8.33. The van der Waals surface area contributed by atoms with Crippen molar-refractivity contribution >= 4 is 5.91 Å². The van der Waals surface area contributed by atoms with Crippen LogP contribution in [0.1, 0.15) is 58.8 Å². The van der Waals surface area contributed by atoms with Crippen LogP contribution in [-0.4, -0.2) is 41.8 Å². The maximum absolute atomic E-state index is 12.6. The minimum Gasteiger partial charge on any atom is -0.373 e. The molecule has 1 aliphatic carbocycles. The van der Waals surface area contributed by atoms with E-state index in [0.717, 1.165) is 32.4 Å². The Morgan fingerprint density at radius 1 is 1.35 bits per heavy atom. The van der Waals surface area contributed by atoms with E-state index in [2.05, 4.69) is 24.1 Å². The predicted octanol–water partition coefficient (Wildman–Crippen LogP) is 2.28. The summed E-state index contributed by atoms with van der Waals surface area (Å²) in [5.74, 6) is 0.932. The fourth-order valence-electron chi connectivity index (χ4n) is 4.16. The highest BCUT2D eigenvalue weighted by Gasteiger charge is 2.45. The average Bonchev–Trinajstić information content (AvgIpc) is 3.13. The summed E-state index contributed by atoms with van der Waals surface area (Å²) in [4.78, 5) is 14.7. The number of nitrogens with one attached hydrogen (secondary N) is 1. The lowest BCUT2D eigenvalue weighted by Crippen LogP contribution is -2.49. The van der Waals surface area contributed by atoms with Crippen LogP contribution in [0.3, 0.4) is 0 Å². The summed E-state index contributed by atoms with van der Waals surface area (Å²) in [5, 5.41) is 3.59. The topological polar surface area (TPSA) is 41.6 Å². The van der Waals surface area contributed by atoms with Crippen molar-refractivity contribution in [3.8, 4) is 0 Å². The first kappa shape index (κ1) is 14.3. The number of hydrogen-bond acceptors (Lipinski definition) is 3. The van der Waals surface area contributed by atoms with Gasteiger partial charge in [-0.1, -0.05) is 19.8 Å². The molecule has 3 unspecified atom stereocenters. The first-order chi connectivity index (χ1) is 9.63. The molecular formula is C16H28N2O2. The van der Waals surface area contributed by atoms with Gasteiger partial charge in [0.1, 0.15) is 0 Å². The fraction of sp³-hybridized carbons (Fsp3) is 0.938. The second kappa shape index (κ2) is 5.64. The molecule has 0 radical (unpaired) electrons. The van der Waals surface area contributed by atoms with Gasteiger partial charge in [-0.25, -0.2) is 0 Å². The van der Waals surface area contributed by atoms with E-state index in [1.807, 2.05) is 0 Å². The fourth-order valence-corrected chi connectivity index (χ4v) is 4.16. The molecule has 0 bridgehead atoms. The van der Waals surface area contributed by atoms with Crippen molar-refractivity contribution in [1.29, 1.82) is 0 Å². The number of amides is 1. The molecule has 2 saturated heterocycles. The molecule has 4 heteroatoms. The number of rotatable bonds is 4. The zero-order valence-corrected chi connectivity index (χ0v) is 12.9. The van der Waals surface area contributed by atoms with Crippen LogP contribution in [0.5, 0.6) is 0 Å². The lowest BCUT2D eigenvalue weighted by molar-refractivity contribution is -0.134. The van der Waals surface area contributed by atoms with Gasteiger partial charge >= 0.3 is 0 Å². The SMILES string of the molecule is CCC1NC(C2CCCC2)N(CC2(C)CCCO2)C1=O. The molecule has 20 heavy (non-hydrogen) atoms. The molecule has 0 aromatic carbocycles. The zero-order valence-electron chi connectivity index (χ0n) is 12.9. The summed E-state index contributed by atoms with van der Waals surface area (Å²) in [7, 11) is 0. The van der Waals surface area contributed by atoms with Crippen molar-refractivity contribution in [3.63, 3.8) is 0 Å². The van der Waals surface area contributed by atoms with E-state index in [1.165, 1.54) is 25.7 Å². The number of nitrogens with zero attached hydrogens (tertiary/aromatic N) is 1. The molecule has 1 amide bonds. The molecule has 0 spiro atoms. The Morgan fingerprint density at radius 3 is 2.70 bits per heavy atom. The van der Waals surface area contributed by atoms with Gasteiger partial charge in [0, 0.05) is 6.61 Å². The number of hydrogen-bond donors (Lipinski definition) is 1. The molecular weight excluding hydrogens is 252 g/mol. The van der Waals surface area contributed by atoms with Gasteiger partial charge in [0.2, 0.25) is 5.91 Å². The predicted molar refractivity (Wildman–Crippen MR) is 78.3 cm³/mol. The Hall–Kier alpha value is -0.610. The van der Waals surface area contributed by atoms with Crippen LogP contribution in [0.2, 0.25) is 0 Å². The maximum atomic E-state index is 12.6. The van der Waals surface area contributed by atoms with Gasteiger partial charge in [0.05, 0.1) is 24.4 Å². The molecule has 3 rings (SSSR count). The first-order valence-corrected chi connectivity index (χ1v) is 8.33. The summed E-state index contributed by atoms with van der Waals surface area (Å²) in [5.41, 5.74) is -0.128. The van der Waals surface area contributed by atoms with E-state index in [1.54, 1.807) is 0 Å². The third-order valence-electron chi connectivity index (χ3n) is 5.35. The van der Waals surface area contributed by atoms with E-state index in [-0.39, 0.29) is 17.8 Å². The van der Waals surface area contributed by atoms with Crippen molar-refractivity contribution in [2.24, 2.45) is 5.92 Å². The normalized spacial score (nSPS) is 39.1. The summed E-state index contributed by atoms with van der Waals surface area (Å²) in [6.45, 7) is 5.87.